The molecule has 1 saturated heterocycles. The molecule has 0 spiro atoms. The van der Waals surface area contributed by atoms with E-state index in [9.17, 15) is 4.79 Å². The lowest BCUT2D eigenvalue weighted by Crippen LogP contribution is -2.38. The van der Waals surface area contributed by atoms with Crippen LogP contribution in [0.4, 0.5) is 0 Å². The Labute approximate surface area is 159 Å². The van der Waals surface area contributed by atoms with Crippen molar-refractivity contribution < 1.29 is 14.3 Å². The molecule has 144 valence electrons. The van der Waals surface area contributed by atoms with Crippen LogP contribution in [-0.2, 0) is 22.7 Å². The molecule has 2 heterocycles. The van der Waals surface area contributed by atoms with E-state index in [-0.39, 0.29) is 17.9 Å². The number of hydrogen-bond acceptors (Lipinski definition) is 6. The van der Waals surface area contributed by atoms with Crippen LogP contribution in [0.5, 0.6) is 5.75 Å². The molecule has 2 atom stereocenters. The quantitative estimate of drug-likeness (QED) is 0.800. The summed E-state index contributed by atoms with van der Waals surface area (Å²) in [6.07, 6.45) is 3.69. The summed E-state index contributed by atoms with van der Waals surface area (Å²) < 4.78 is 10.3. The molecular weight excluding hydrogens is 344 g/mol. The molecule has 1 fully saturated rings. The second-order valence-corrected chi connectivity index (χ2v) is 6.82. The summed E-state index contributed by atoms with van der Waals surface area (Å²) in [5.41, 5.74) is 2.25. The number of aromatic nitrogens is 2. The van der Waals surface area contributed by atoms with E-state index >= 15 is 0 Å². The molecule has 1 amide bonds. The number of hydrogen-bond donors (Lipinski definition) is 1. The predicted octanol–water partition coefficient (Wildman–Crippen LogP) is 1.74. The highest BCUT2D eigenvalue weighted by atomic mass is 16.5. The fourth-order valence-corrected chi connectivity index (χ4v) is 3.54. The van der Waals surface area contributed by atoms with Crippen molar-refractivity contribution in [3.05, 3.63) is 53.6 Å². The molecule has 3 rings (SSSR count). The van der Waals surface area contributed by atoms with Crippen LogP contribution in [0.2, 0.25) is 0 Å². The van der Waals surface area contributed by atoms with Gasteiger partial charge in [-0.2, -0.15) is 0 Å². The number of amides is 1. The van der Waals surface area contributed by atoms with Gasteiger partial charge in [0.15, 0.2) is 5.82 Å². The van der Waals surface area contributed by atoms with Gasteiger partial charge in [-0.1, -0.05) is 12.1 Å². The molecule has 7 nitrogen and oxygen atoms in total. The fourth-order valence-electron chi connectivity index (χ4n) is 3.54. The Kier molecular flexibility index (Phi) is 6.36. The van der Waals surface area contributed by atoms with E-state index in [4.69, 9.17) is 9.47 Å². The van der Waals surface area contributed by atoms with Crippen LogP contribution in [-0.4, -0.2) is 54.1 Å². The number of nitrogens with one attached hydrogen (secondary N) is 1. The lowest BCUT2D eigenvalue weighted by atomic mass is 9.94. The van der Waals surface area contributed by atoms with E-state index in [0.717, 1.165) is 30.9 Å². The standard InChI is InChI=1S/C20H26N4O3/c1-14(25)23-19-12-24(10-15-8-21-20(13-26-2)22-9-15)11-18(19)16-4-6-17(27-3)7-5-16/h4-9,18-19H,10-13H2,1-3H3,(H,23,25)/t18-,19+/m0/s1. The number of carbonyl (C=O) groups excluding carboxylic acids is 1. The van der Waals surface area contributed by atoms with Crippen LogP contribution >= 0.6 is 0 Å². The minimum absolute atomic E-state index is 0.00684. The van der Waals surface area contributed by atoms with E-state index in [1.807, 2.05) is 24.5 Å². The Balaban J connectivity index is 1.71. The predicted molar refractivity (Wildman–Crippen MR) is 101 cm³/mol. The second kappa shape index (κ2) is 8.92. The van der Waals surface area contributed by atoms with Crippen molar-refractivity contribution in [1.29, 1.82) is 0 Å². The number of rotatable bonds is 7. The first kappa shape index (κ1) is 19.3. The summed E-state index contributed by atoms with van der Waals surface area (Å²) in [5.74, 6) is 1.73. The van der Waals surface area contributed by atoms with Crippen molar-refractivity contribution in [1.82, 2.24) is 20.2 Å². The summed E-state index contributed by atoms with van der Waals surface area (Å²) in [5, 5.41) is 3.10. The van der Waals surface area contributed by atoms with Gasteiger partial charge in [0.05, 0.1) is 7.11 Å². The van der Waals surface area contributed by atoms with Gasteiger partial charge in [-0.15, -0.1) is 0 Å². The summed E-state index contributed by atoms with van der Waals surface area (Å²) in [4.78, 5) is 22.6. The number of likely N-dealkylation sites (tertiary alicyclic amines) is 1. The normalized spacial score (nSPS) is 19.8. The van der Waals surface area contributed by atoms with Crippen LogP contribution in [0.3, 0.4) is 0 Å². The SMILES string of the molecule is COCc1ncc(CN2C[C@@H](NC(C)=O)[C@H](c3ccc(OC)cc3)C2)cn1. The van der Waals surface area contributed by atoms with Gasteiger partial charge in [0.1, 0.15) is 12.4 Å². The summed E-state index contributed by atoms with van der Waals surface area (Å²) >= 11 is 0. The van der Waals surface area contributed by atoms with E-state index < -0.39 is 0 Å². The monoisotopic (exact) mass is 370 g/mol. The van der Waals surface area contributed by atoms with E-state index in [2.05, 4.69) is 32.3 Å². The minimum atomic E-state index is -0.00684. The molecule has 1 aromatic heterocycles. The van der Waals surface area contributed by atoms with Gasteiger partial charge in [-0.05, 0) is 17.7 Å². The van der Waals surface area contributed by atoms with Gasteiger partial charge >= 0.3 is 0 Å². The van der Waals surface area contributed by atoms with Crippen molar-refractivity contribution in [3.8, 4) is 5.75 Å². The van der Waals surface area contributed by atoms with Crippen LogP contribution in [0.15, 0.2) is 36.7 Å². The molecule has 1 aromatic carbocycles. The smallest absolute Gasteiger partial charge is 0.217 e. The van der Waals surface area contributed by atoms with E-state index in [1.54, 1.807) is 21.1 Å². The molecule has 1 aliphatic heterocycles. The van der Waals surface area contributed by atoms with Crippen LogP contribution in [0.1, 0.15) is 29.8 Å². The van der Waals surface area contributed by atoms with Crippen LogP contribution < -0.4 is 10.1 Å². The average molecular weight is 370 g/mol. The van der Waals surface area contributed by atoms with Crippen molar-refractivity contribution in [2.75, 3.05) is 27.3 Å². The van der Waals surface area contributed by atoms with Gasteiger partial charge in [-0.3, -0.25) is 9.69 Å². The maximum Gasteiger partial charge on any atom is 0.217 e. The third-order valence-electron chi connectivity index (χ3n) is 4.77. The number of methoxy groups -OCH3 is 2. The Bertz CT molecular complexity index is 749. The van der Waals surface area contributed by atoms with Crippen molar-refractivity contribution >= 4 is 5.91 Å². The van der Waals surface area contributed by atoms with E-state index in [0.29, 0.717) is 12.4 Å². The summed E-state index contributed by atoms with van der Waals surface area (Å²) in [7, 11) is 3.29. The second-order valence-electron chi connectivity index (χ2n) is 6.82. The lowest BCUT2D eigenvalue weighted by molar-refractivity contribution is -0.119. The van der Waals surface area contributed by atoms with Gasteiger partial charge in [0.2, 0.25) is 5.91 Å². The zero-order chi connectivity index (χ0) is 19.2. The topological polar surface area (TPSA) is 76.6 Å². The first-order valence-corrected chi connectivity index (χ1v) is 9.01. The van der Waals surface area contributed by atoms with Crippen molar-refractivity contribution in [3.63, 3.8) is 0 Å². The zero-order valence-corrected chi connectivity index (χ0v) is 16.0. The lowest BCUT2D eigenvalue weighted by Gasteiger charge is -2.19. The van der Waals surface area contributed by atoms with Gasteiger partial charge in [-0.25, -0.2) is 9.97 Å². The highest BCUT2D eigenvalue weighted by Crippen LogP contribution is 2.30. The molecule has 27 heavy (non-hydrogen) atoms. The highest BCUT2D eigenvalue weighted by Gasteiger charge is 2.34. The van der Waals surface area contributed by atoms with Gasteiger partial charge < -0.3 is 14.8 Å². The third-order valence-corrected chi connectivity index (χ3v) is 4.77. The maximum absolute atomic E-state index is 11.7. The first-order valence-electron chi connectivity index (χ1n) is 9.01. The van der Waals surface area contributed by atoms with Crippen LogP contribution in [0, 0.1) is 0 Å². The van der Waals surface area contributed by atoms with E-state index in [1.165, 1.54) is 5.56 Å². The van der Waals surface area contributed by atoms with Crippen molar-refractivity contribution in [2.45, 2.75) is 32.0 Å². The minimum Gasteiger partial charge on any atom is -0.497 e. The molecule has 0 bridgehead atoms. The molecule has 0 radical (unpaired) electrons. The largest absolute Gasteiger partial charge is 0.497 e. The van der Waals surface area contributed by atoms with Gasteiger partial charge in [0.25, 0.3) is 0 Å². The molecule has 0 unspecified atom stereocenters. The Morgan fingerprint density at radius 1 is 1.19 bits per heavy atom. The molecule has 2 aromatic rings. The Morgan fingerprint density at radius 3 is 2.48 bits per heavy atom. The maximum atomic E-state index is 11.7. The summed E-state index contributed by atoms with van der Waals surface area (Å²) in [6, 6.07) is 8.15. The number of benzene rings is 1. The molecular formula is C20H26N4O3. The molecule has 1 N–H and O–H groups in total. The van der Waals surface area contributed by atoms with Gasteiger partial charge in [0, 0.05) is 63.6 Å². The van der Waals surface area contributed by atoms with Crippen LogP contribution in [0.25, 0.3) is 0 Å². The number of ether oxygens (including phenoxy) is 2. The first-order chi connectivity index (χ1) is 13.1. The number of nitrogens with zero attached hydrogens (tertiary/aromatic N) is 3. The summed E-state index contributed by atoms with van der Waals surface area (Å²) in [6.45, 7) is 4.37. The molecule has 0 aliphatic carbocycles. The Hall–Kier alpha value is -2.51. The highest BCUT2D eigenvalue weighted by molar-refractivity contribution is 5.73. The van der Waals surface area contributed by atoms with Crippen molar-refractivity contribution in [2.24, 2.45) is 0 Å². The fraction of sp³-hybridized carbons (Fsp3) is 0.450. The molecule has 7 heteroatoms. The molecule has 0 saturated carbocycles. The average Bonchev–Trinajstić information content (AvgIpc) is 3.05. The molecule has 1 aliphatic rings. The Morgan fingerprint density at radius 2 is 1.89 bits per heavy atom. The number of carbonyl (C=O) groups is 1. The third kappa shape index (κ3) is 5.02. The zero-order valence-electron chi connectivity index (χ0n) is 16.0.